The van der Waals surface area contributed by atoms with Gasteiger partial charge in [0.1, 0.15) is 6.33 Å². The molecule has 2 rings (SSSR count). The molecule has 0 unspecified atom stereocenters. The number of fused-ring (bicyclic) bond motifs is 1. The molecule has 1 aromatic rings. The van der Waals surface area contributed by atoms with E-state index in [1.165, 1.54) is 17.4 Å². The Morgan fingerprint density at radius 1 is 1.62 bits per heavy atom. The number of carbonyl (C=O) groups is 1. The molecule has 0 atom stereocenters. The Balaban J connectivity index is 2.34. The summed E-state index contributed by atoms with van der Waals surface area (Å²) in [7, 11) is 0. The van der Waals surface area contributed by atoms with Crippen molar-refractivity contribution in [2.75, 3.05) is 0 Å². The maximum Gasteiger partial charge on any atom is 0.411 e. The van der Waals surface area contributed by atoms with Crippen LogP contribution in [0.25, 0.3) is 6.08 Å². The van der Waals surface area contributed by atoms with Crippen molar-refractivity contribution in [3.63, 3.8) is 0 Å². The van der Waals surface area contributed by atoms with E-state index in [9.17, 15) is 4.79 Å². The lowest BCUT2D eigenvalue weighted by atomic mass is 10.2. The van der Waals surface area contributed by atoms with Crippen LogP contribution in [0.15, 0.2) is 18.7 Å². The van der Waals surface area contributed by atoms with Gasteiger partial charge in [0.15, 0.2) is 0 Å². The van der Waals surface area contributed by atoms with Crippen LogP contribution in [0.1, 0.15) is 11.3 Å². The molecular weight excluding hydrogens is 170 g/mol. The maximum absolute atomic E-state index is 10.6. The Morgan fingerprint density at radius 2 is 2.46 bits per heavy atom. The van der Waals surface area contributed by atoms with Gasteiger partial charge >= 0.3 is 6.09 Å². The van der Waals surface area contributed by atoms with Crippen molar-refractivity contribution in [3.05, 3.63) is 30.0 Å². The first-order valence-corrected chi connectivity index (χ1v) is 3.74. The molecule has 1 N–H and O–H groups in total. The van der Waals surface area contributed by atoms with E-state index in [1.807, 2.05) is 0 Å². The zero-order chi connectivity index (χ0) is 9.26. The lowest BCUT2D eigenvalue weighted by molar-refractivity contribution is 0.160. The molecule has 0 aliphatic carbocycles. The molecule has 1 aliphatic rings. The summed E-state index contributed by atoms with van der Waals surface area (Å²) in [5.74, 6) is 0. The normalized spacial score (nSPS) is 14.0. The van der Waals surface area contributed by atoms with Crippen LogP contribution in [0, 0.1) is 0 Å². The monoisotopic (exact) mass is 177 g/mol. The smallest absolute Gasteiger partial charge is 0.411 e. The van der Waals surface area contributed by atoms with E-state index >= 15 is 0 Å². The summed E-state index contributed by atoms with van der Waals surface area (Å²) in [6.45, 7) is 0.295. The van der Waals surface area contributed by atoms with Gasteiger partial charge < -0.3 is 5.11 Å². The van der Waals surface area contributed by atoms with Crippen LogP contribution in [-0.4, -0.2) is 26.1 Å². The van der Waals surface area contributed by atoms with Gasteiger partial charge in [-0.2, -0.15) is 0 Å². The number of amides is 1. The van der Waals surface area contributed by atoms with Crippen LogP contribution in [0.3, 0.4) is 0 Å². The number of carboxylic acid groups (broad SMARTS) is 1. The van der Waals surface area contributed by atoms with E-state index in [4.69, 9.17) is 5.11 Å². The van der Waals surface area contributed by atoms with Crippen molar-refractivity contribution < 1.29 is 9.90 Å². The molecule has 0 saturated heterocycles. The van der Waals surface area contributed by atoms with Gasteiger partial charge in [-0.1, -0.05) is 0 Å². The van der Waals surface area contributed by atoms with Gasteiger partial charge in [-0.25, -0.2) is 14.8 Å². The molecule has 13 heavy (non-hydrogen) atoms. The zero-order valence-electron chi connectivity index (χ0n) is 6.71. The fourth-order valence-electron chi connectivity index (χ4n) is 1.15. The summed E-state index contributed by atoms with van der Waals surface area (Å²) in [6.07, 6.45) is 5.30. The van der Waals surface area contributed by atoms with E-state index in [-0.39, 0.29) is 0 Å². The van der Waals surface area contributed by atoms with Gasteiger partial charge in [-0.05, 0) is 6.08 Å². The molecule has 0 aromatic carbocycles. The molecule has 1 aliphatic heterocycles. The molecule has 0 spiro atoms. The number of aromatic nitrogens is 2. The van der Waals surface area contributed by atoms with E-state index in [0.717, 1.165) is 11.3 Å². The van der Waals surface area contributed by atoms with Crippen LogP contribution < -0.4 is 0 Å². The van der Waals surface area contributed by atoms with Crippen molar-refractivity contribution in [2.45, 2.75) is 6.54 Å². The molecule has 5 heteroatoms. The highest BCUT2D eigenvalue weighted by molar-refractivity contribution is 5.69. The average molecular weight is 177 g/mol. The van der Waals surface area contributed by atoms with Crippen LogP contribution in [0.5, 0.6) is 0 Å². The molecule has 0 radical (unpaired) electrons. The number of rotatable bonds is 0. The van der Waals surface area contributed by atoms with Crippen LogP contribution in [0.4, 0.5) is 4.79 Å². The van der Waals surface area contributed by atoms with Gasteiger partial charge in [-0.15, -0.1) is 0 Å². The second-order valence-electron chi connectivity index (χ2n) is 2.65. The number of hydrogen-bond acceptors (Lipinski definition) is 3. The fraction of sp³-hybridized carbons (Fsp3) is 0.125. The van der Waals surface area contributed by atoms with Crippen molar-refractivity contribution in [1.82, 2.24) is 14.9 Å². The van der Waals surface area contributed by atoms with Crippen LogP contribution in [0.2, 0.25) is 0 Å². The Kier molecular flexibility index (Phi) is 1.70. The summed E-state index contributed by atoms with van der Waals surface area (Å²) >= 11 is 0. The van der Waals surface area contributed by atoms with Crippen molar-refractivity contribution in [2.24, 2.45) is 0 Å². The number of nitrogens with zero attached hydrogens (tertiary/aromatic N) is 3. The topological polar surface area (TPSA) is 66.3 Å². The largest absolute Gasteiger partial charge is 0.465 e. The number of hydrogen-bond donors (Lipinski definition) is 1. The molecule has 0 bridgehead atoms. The third-order valence-electron chi connectivity index (χ3n) is 1.83. The summed E-state index contributed by atoms with van der Waals surface area (Å²) in [5, 5.41) is 8.70. The minimum absolute atomic E-state index is 0.295. The third kappa shape index (κ3) is 1.35. The van der Waals surface area contributed by atoms with Crippen molar-refractivity contribution in [1.29, 1.82) is 0 Å². The fourth-order valence-corrected chi connectivity index (χ4v) is 1.15. The van der Waals surface area contributed by atoms with E-state index < -0.39 is 6.09 Å². The minimum Gasteiger partial charge on any atom is -0.465 e. The zero-order valence-corrected chi connectivity index (χ0v) is 6.71. The highest BCUT2D eigenvalue weighted by Gasteiger charge is 2.15. The molecule has 0 fully saturated rings. The summed E-state index contributed by atoms with van der Waals surface area (Å²) in [5.41, 5.74) is 1.61. The summed E-state index contributed by atoms with van der Waals surface area (Å²) < 4.78 is 0. The lowest BCUT2D eigenvalue weighted by Crippen LogP contribution is -2.26. The first-order valence-electron chi connectivity index (χ1n) is 3.74. The molecule has 66 valence electrons. The predicted molar refractivity (Wildman–Crippen MR) is 44.6 cm³/mol. The van der Waals surface area contributed by atoms with Gasteiger partial charge in [0.05, 0.1) is 12.2 Å². The summed E-state index contributed by atoms with van der Waals surface area (Å²) in [6, 6.07) is 0. The average Bonchev–Trinajstić information content (AvgIpc) is 2.17. The SMILES string of the molecule is O=C(O)N1C=Cc2cncnc2C1. The maximum atomic E-state index is 10.6. The van der Waals surface area contributed by atoms with Crippen LogP contribution in [-0.2, 0) is 6.54 Å². The van der Waals surface area contributed by atoms with Crippen molar-refractivity contribution in [3.8, 4) is 0 Å². The lowest BCUT2D eigenvalue weighted by Gasteiger charge is -2.18. The first-order chi connectivity index (χ1) is 6.27. The standard InChI is InChI=1S/C8H7N3O2/c12-8(13)11-2-1-6-3-9-5-10-7(6)4-11/h1-3,5H,4H2,(H,12,13). The molecule has 2 heterocycles. The molecule has 1 aromatic heterocycles. The van der Waals surface area contributed by atoms with E-state index in [1.54, 1.807) is 12.3 Å². The Morgan fingerprint density at radius 3 is 3.23 bits per heavy atom. The Hall–Kier alpha value is -1.91. The van der Waals surface area contributed by atoms with Gasteiger partial charge in [0, 0.05) is 18.0 Å². The Bertz CT molecular complexity index is 375. The molecule has 1 amide bonds. The highest BCUT2D eigenvalue weighted by Crippen LogP contribution is 2.15. The molecule has 5 nitrogen and oxygen atoms in total. The van der Waals surface area contributed by atoms with E-state index in [0.29, 0.717) is 6.54 Å². The Labute approximate surface area is 74.4 Å². The van der Waals surface area contributed by atoms with Gasteiger partial charge in [-0.3, -0.25) is 4.90 Å². The highest BCUT2D eigenvalue weighted by atomic mass is 16.4. The minimum atomic E-state index is -0.972. The van der Waals surface area contributed by atoms with Crippen LogP contribution >= 0.6 is 0 Å². The second-order valence-corrected chi connectivity index (χ2v) is 2.65. The van der Waals surface area contributed by atoms with Gasteiger partial charge in [0.2, 0.25) is 0 Å². The third-order valence-corrected chi connectivity index (χ3v) is 1.83. The van der Waals surface area contributed by atoms with Gasteiger partial charge in [0.25, 0.3) is 0 Å². The predicted octanol–water partition coefficient (Wildman–Crippen LogP) is 0.941. The quantitative estimate of drug-likeness (QED) is 0.640. The van der Waals surface area contributed by atoms with Crippen molar-refractivity contribution >= 4 is 12.2 Å². The molecule has 0 saturated carbocycles. The van der Waals surface area contributed by atoms with E-state index in [2.05, 4.69) is 9.97 Å². The summed E-state index contributed by atoms with van der Waals surface area (Å²) in [4.78, 5) is 19.6. The second kappa shape index (κ2) is 2.85. The first kappa shape index (κ1) is 7.72. The molecular formula is C8H7N3O2.